The molecule has 0 spiro atoms. The van der Waals surface area contributed by atoms with Crippen LogP contribution in [0, 0.1) is 5.41 Å². The van der Waals surface area contributed by atoms with Gasteiger partial charge in [-0.05, 0) is 49.1 Å². The molecular weight excluding hydrogens is 523 g/mol. The average Bonchev–Trinajstić information content (AvgIpc) is 3.42. The zero-order valence-electron chi connectivity index (χ0n) is 22.5. The number of nitrogens with one attached hydrogen (secondary N) is 1. The second-order valence-electron chi connectivity index (χ2n) is 12.4. The molecule has 5 N–H and O–H groups in total. The van der Waals surface area contributed by atoms with E-state index in [4.69, 9.17) is 21.2 Å². The van der Waals surface area contributed by atoms with Crippen LogP contribution < -0.4 is 16.8 Å². The number of carbonyl (C=O) groups is 1. The van der Waals surface area contributed by atoms with Crippen molar-refractivity contribution in [3.05, 3.63) is 29.7 Å². The Morgan fingerprint density at radius 2 is 1.79 bits per heavy atom. The lowest BCUT2D eigenvalue weighted by molar-refractivity contribution is -0.138. The summed E-state index contributed by atoms with van der Waals surface area (Å²) in [5, 5.41) is 7.66. The van der Waals surface area contributed by atoms with Crippen LogP contribution >= 0.6 is 0 Å². The number of ether oxygens (including phenoxy) is 1. The fraction of sp³-hybridized carbons (Fsp3) is 0.731. The summed E-state index contributed by atoms with van der Waals surface area (Å²) in [5.41, 5.74) is 10.9. The van der Waals surface area contributed by atoms with Gasteiger partial charge in [-0.3, -0.25) is 0 Å². The molecule has 0 radical (unpaired) electrons. The van der Waals surface area contributed by atoms with Gasteiger partial charge >= 0.3 is 12.3 Å². The molecule has 218 valence electrons. The van der Waals surface area contributed by atoms with Crippen LogP contribution in [0.4, 0.5) is 26.7 Å². The van der Waals surface area contributed by atoms with Crippen LogP contribution in [0.1, 0.15) is 77.0 Å². The summed E-state index contributed by atoms with van der Waals surface area (Å²) in [5.74, 6) is -2.82. The van der Waals surface area contributed by atoms with E-state index in [1.807, 2.05) is 26.8 Å². The summed E-state index contributed by atoms with van der Waals surface area (Å²) in [6.45, 7) is 5.64. The van der Waals surface area contributed by atoms with Crippen LogP contribution in [0.5, 0.6) is 0 Å². The van der Waals surface area contributed by atoms with Gasteiger partial charge < -0.3 is 21.5 Å². The van der Waals surface area contributed by atoms with E-state index >= 15 is 0 Å². The fourth-order valence-electron chi connectivity index (χ4n) is 5.88. The molecule has 0 unspecified atom stereocenters. The average molecular weight is 561 g/mol. The van der Waals surface area contributed by atoms with Crippen molar-refractivity contribution in [2.45, 2.75) is 107 Å². The fourth-order valence-corrected chi connectivity index (χ4v) is 5.88. The molecule has 0 bridgehead atoms. The molecular formula is C26H37F5N6O2. The first-order chi connectivity index (χ1) is 17.9. The van der Waals surface area contributed by atoms with Crippen LogP contribution in [0.3, 0.4) is 0 Å². The summed E-state index contributed by atoms with van der Waals surface area (Å²) in [4.78, 5) is 16.6. The lowest BCUT2D eigenvalue weighted by atomic mass is 9.61. The van der Waals surface area contributed by atoms with Crippen molar-refractivity contribution in [3.8, 4) is 0 Å². The normalized spacial score (nSPS) is 21.9. The van der Waals surface area contributed by atoms with Gasteiger partial charge in [-0.15, -0.1) is 0 Å². The molecule has 4 rings (SSSR count). The number of aromatic nitrogens is 3. The van der Waals surface area contributed by atoms with Crippen LogP contribution in [0.25, 0.3) is 5.65 Å². The summed E-state index contributed by atoms with van der Waals surface area (Å²) in [6, 6.07) is 0.801. The molecule has 0 aliphatic heterocycles. The van der Waals surface area contributed by atoms with Gasteiger partial charge in [0.05, 0.1) is 29.9 Å². The number of hydrogen-bond donors (Lipinski definition) is 3. The molecule has 2 saturated carbocycles. The van der Waals surface area contributed by atoms with Gasteiger partial charge in [0.1, 0.15) is 6.10 Å². The first kappa shape index (κ1) is 29.4. The van der Waals surface area contributed by atoms with Crippen molar-refractivity contribution >= 4 is 11.7 Å². The molecule has 39 heavy (non-hydrogen) atoms. The molecule has 2 heterocycles. The Morgan fingerprint density at radius 3 is 2.33 bits per heavy atom. The van der Waals surface area contributed by atoms with Gasteiger partial charge in [0.2, 0.25) is 5.92 Å². The third kappa shape index (κ3) is 6.97. The van der Waals surface area contributed by atoms with E-state index in [0.717, 1.165) is 18.4 Å². The molecule has 0 saturated heterocycles. The van der Waals surface area contributed by atoms with Crippen molar-refractivity contribution < 1.29 is 31.5 Å². The SMILES string of the molecule is CC(C)(C)[C@H](OC(N)=O)C1(c2cn3ncc(CC4(NC[C@H](N)CC(F)(F)F)CC4)cc3n2)CCC(F)(F)CC1. The number of rotatable bonds is 9. The number of fused-ring (bicyclic) bond motifs is 1. The molecule has 8 nitrogen and oxygen atoms in total. The van der Waals surface area contributed by atoms with E-state index < -0.39 is 47.6 Å². The largest absolute Gasteiger partial charge is 0.445 e. The molecule has 2 aliphatic carbocycles. The molecule has 0 aromatic carbocycles. The number of alkyl halides is 5. The number of imidazole rings is 1. The number of halogens is 5. The van der Waals surface area contributed by atoms with Gasteiger partial charge in [-0.2, -0.15) is 18.3 Å². The van der Waals surface area contributed by atoms with Gasteiger partial charge in [-0.25, -0.2) is 23.1 Å². The number of hydrogen-bond acceptors (Lipinski definition) is 6. The van der Waals surface area contributed by atoms with Crippen LogP contribution in [0.15, 0.2) is 18.5 Å². The summed E-state index contributed by atoms with van der Waals surface area (Å²) < 4.78 is 73.5. The molecule has 2 atom stereocenters. The second kappa shape index (κ2) is 10.1. The monoisotopic (exact) mass is 560 g/mol. The van der Waals surface area contributed by atoms with E-state index in [1.54, 1.807) is 16.9 Å². The molecule has 2 fully saturated rings. The van der Waals surface area contributed by atoms with E-state index in [0.29, 0.717) is 17.8 Å². The van der Waals surface area contributed by atoms with Gasteiger partial charge in [0.15, 0.2) is 5.65 Å². The van der Waals surface area contributed by atoms with Gasteiger partial charge in [0.25, 0.3) is 0 Å². The highest BCUT2D eigenvalue weighted by Gasteiger charge is 2.55. The highest BCUT2D eigenvalue weighted by molar-refractivity contribution is 5.65. The lowest BCUT2D eigenvalue weighted by Crippen LogP contribution is -2.53. The Bertz CT molecular complexity index is 1180. The number of carbonyl (C=O) groups excluding carboxylic acids is 1. The molecule has 13 heteroatoms. The molecule has 2 aromatic rings. The maximum absolute atomic E-state index is 14.3. The smallest absolute Gasteiger partial charge is 0.404 e. The summed E-state index contributed by atoms with van der Waals surface area (Å²) >= 11 is 0. The van der Waals surface area contributed by atoms with Crippen LogP contribution in [0.2, 0.25) is 0 Å². The number of amides is 1. The Hall–Kier alpha value is -2.54. The number of nitrogens with zero attached hydrogens (tertiary/aromatic N) is 3. The maximum Gasteiger partial charge on any atom is 0.404 e. The zero-order valence-corrected chi connectivity index (χ0v) is 22.5. The highest BCUT2D eigenvalue weighted by Crippen LogP contribution is 2.51. The third-order valence-corrected chi connectivity index (χ3v) is 7.91. The van der Waals surface area contributed by atoms with Crippen molar-refractivity contribution in [2.75, 3.05) is 6.54 Å². The predicted octanol–water partition coefficient (Wildman–Crippen LogP) is 4.63. The van der Waals surface area contributed by atoms with Crippen molar-refractivity contribution in [1.29, 1.82) is 0 Å². The van der Waals surface area contributed by atoms with Gasteiger partial charge in [0, 0.05) is 31.0 Å². The minimum Gasteiger partial charge on any atom is -0.445 e. The lowest BCUT2D eigenvalue weighted by Gasteiger charge is -2.48. The van der Waals surface area contributed by atoms with Gasteiger partial charge in [-0.1, -0.05) is 20.8 Å². The summed E-state index contributed by atoms with van der Waals surface area (Å²) in [7, 11) is 0. The topological polar surface area (TPSA) is 121 Å². The number of nitrogens with two attached hydrogens (primary N) is 2. The van der Waals surface area contributed by atoms with Crippen LogP contribution in [-0.4, -0.2) is 57.0 Å². The first-order valence-electron chi connectivity index (χ1n) is 13.2. The molecule has 2 aliphatic rings. The Morgan fingerprint density at radius 1 is 1.15 bits per heavy atom. The maximum atomic E-state index is 14.3. The Balaban J connectivity index is 1.59. The minimum absolute atomic E-state index is 0.0456. The third-order valence-electron chi connectivity index (χ3n) is 7.91. The van der Waals surface area contributed by atoms with E-state index in [1.165, 1.54) is 0 Å². The Kier molecular flexibility index (Phi) is 7.65. The number of primary amides is 1. The quantitative estimate of drug-likeness (QED) is 0.385. The summed E-state index contributed by atoms with van der Waals surface area (Å²) in [6.07, 6.45) is -2.32. The highest BCUT2D eigenvalue weighted by atomic mass is 19.4. The standard InChI is InChI=1S/C26H37F5N6O2/c1-22(2,3)20(39-21(33)38)24(6-8-25(27,28)9-7-24)18-15-37-19(36-18)10-16(13-35-37)11-23(4-5-23)34-14-17(32)12-26(29,30)31/h10,13,15,17,20,34H,4-9,11-12,14,32H2,1-3H3,(H2,33,38)/t17-,20+/m1/s1. The van der Waals surface area contributed by atoms with Crippen molar-refractivity contribution in [1.82, 2.24) is 19.9 Å². The zero-order chi connectivity index (χ0) is 28.9. The minimum atomic E-state index is -4.31. The van der Waals surface area contributed by atoms with E-state index in [-0.39, 0.29) is 37.8 Å². The van der Waals surface area contributed by atoms with E-state index in [2.05, 4.69) is 10.4 Å². The molecule has 2 aromatic heterocycles. The van der Waals surface area contributed by atoms with Crippen molar-refractivity contribution in [3.63, 3.8) is 0 Å². The Labute approximate surface area is 224 Å². The van der Waals surface area contributed by atoms with Crippen LogP contribution in [-0.2, 0) is 16.6 Å². The predicted molar refractivity (Wildman–Crippen MR) is 134 cm³/mol. The second-order valence-corrected chi connectivity index (χ2v) is 12.4. The van der Waals surface area contributed by atoms with E-state index in [9.17, 15) is 26.7 Å². The van der Waals surface area contributed by atoms with Crippen molar-refractivity contribution in [2.24, 2.45) is 16.9 Å². The first-order valence-corrected chi connectivity index (χ1v) is 13.2. The molecule has 1 amide bonds.